The first-order valence-electron chi connectivity index (χ1n) is 13.8. The third-order valence-corrected chi connectivity index (χ3v) is 8.82. The predicted octanol–water partition coefficient (Wildman–Crippen LogP) is 3.91. The van der Waals surface area contributed by atoms with Gasteiger partial charge in [0.1, 0.15) is 5.82 Å². The molecule has 0 unspecified atom stereocenters. The number of hydrogen-bond acceptors (Lipinski definition) is 8. The minimum atomic E-state index is -4.14. The number of aryl methyl sites for hydroxylation is 2. The lowest BCUT2D eigenvalue weighted by molar-refractivity contribution is -0.670. The number of anilines is 2. The zero-order valence-corrected chi connectivity index (χ0v) is 25.7. The maximum atomic E-state index is 11.4. The molecule has 0 saturated carbocycles. The maximum Gasteiger partial charge on any atom is 0.282 e. The van der Waals surface area contributed by atoms with Crippen molar-refractivity contribution in [1.82, 2.24) is 4.57 Å². The summed E-state index contributed by atoms with van der Waals surface area (Å²) in [5.74, 6) is 0.801. The SMILES string of the molecule is C=Nc1ccc2c(c1)N(CCCS(=O)(=O)O)/C(=C/C=C/c1n(CCCS(=O)(=O)O)c3cc(C#N)ccc3[n+]1CC)N2CC. The molecule has 1 aliphatic rings. The molecule has 0 radical (unpaired) electrons. The topological polar surface area (TPSA) is 160 Å². The number of fused-ring (bicyclic) bond motifs is 2. The number of benzene rings is 2. The van der Waals surface area contributed by atoms with Gasteiger partial charge in [0.2, 0.25) is 0 Å². The van der Waals surface area contributed by atoms with E-state index in [1.807, 2.05) is 65.8 Å². The van der Waals surface area contributed by atoms with Gasteiger partial charge in [-0.1, -0.05) is 6.08 Å². The summed E-state index contributed by atoms with van der Waals surface area (Å²) in [6.45, 7) is 9.47. The monoisotopic (exact) mass is 627 g/mol. The van der Waals surface area contributed by atoms with E-state index in [0.29, 0.717) is 37.4 Å². The molecule has 4 rings (SSSR count). The summed E-state index contributed by atoms with van der Waals surface area (Å²) in [5.41, 5.74) is 4.55. The summed E-state index contributed by atoms with van der Waals surface area (Å²) in [7, 11) is -8.26. The van der Waals surface area contributed by atoms with E-state index in [1.165, 1.54) is 0 Å². The lowest BCUT2D eigenvalue weighted by atomic mass is 10.2. The van der Waals surface area contributed by atoms with E-state index in [4.69, 9.17) is 0 Å². The molecule has 0 amide bonds. The molecular weight excluding hydrogens is 592 g/mol. The summed E-state index contributed by atoms with van der Waals surface area (Å²) in [5, 5.41) is 9.49. The Bertz CT molecular complexity index is 1860. The molecule has 12 nitrogen and oxygen atoms in total. The van der Waals surface area contributed by atoms with Gasteiger partial charge in [0.05, 0.1) is 53.3 Å². The molecule has 2 heterocycles. The molecule has 0 fully saturated rings. The Morgan fingerprint density at radius 1 is 0.977 bits per heavy atom. The van der Waals surface area contributed by atoms with Crippen molar-refractivity contribution in [3.8, 4) is 6.07 Å². The van der Waals surface area contributed by atoms with E-state index < -0.39 is 26.0 Å². The molecule has 3 aromatic rings. The maximum absolute atomic E-state index is 11.4. The van der Waals surface area contributed by atoms with Gasteiger partial charge in [-0.2, -0.15) is 22.1 Å². The Morgan fingerprint density at radius 3 is 2.28 bits per heavy atom. The van der Waals surface area contributed by atoms with Gasteiger partial charge < -0.3 is 9.80 Å². The van der Waals surface area contributed by atoms with Gasteiger partial charge in [0.25, 0.3) is 26.1 Å². The number of aromatic nitrogens is 2. The van der Waals surface area contributed by atoms with Crippen LogP contribution in [0.4, 0.5) is 17.1 Å². The first-order chi connectivity index (χ1) is 20.4. The van der Waals surface area contributed by atoms with Crippen molar-refractivity contribution in [2.24, 2.45) is 4.99 Å². The number of nitriles is 1. The molecule has 228 valence electrons. The van der Waals surface area contributed by atoms with E-state index in [-0.39, 0.29) is 18.6 Å². The number of aliphatic imine (C=N–C) groups is 1. The highest BCUT2D eigenvalue weighted by Gasteiger charge is 2.30. The van der Waals surface area contributed by atoms with Crippen LogP contribution in [0.3, 0.4) is 0 Å². The van der Waals surface area contributed by atoms with Crippen molar-refractivity contribution in [1.29, 1.82) is 5.26 Å². The number of imidazole rings is 1. The van der Waals surface area contributed by atoms with Crippen molar-refractivity contribution in [3.05, 3.63) is 65.8 Å². The Kier molecular flexibility index (Phi) is 9.71. The number of nitrogens with zero attached hydrogens (tertiary/aromatic N) is 6. The first-order valence-corrected chi connectivity index (χ1v) is 17.0. The summed E-state index contributed by atoms with van der Waals surface area (Å²) in [6.07, 6.45) is 6.06. The largest absolute Gasteiger partial charge is 0.326 e. The molecule has 0 aliphatic carbocycles. The molecule has 1 aromatic heterocycles. The number of allylic oxidation sites excluding steroid dienone is 2. The van der Waals surface area contributed by atoms with Crippen LogP contribution < -0.4 is 14.4 Å². The van der Waals surface area contributed by atoms with Crippen LogP contribution in [0.2, 0.25) is 0 Å². The second-order valence-corrected chi connectivity index (χ2v) is 13.1. The Balaban J connectivity index is 1.79. The molecule has 0 bridgehead atoms. The summed E-state index contributed by atoms with van der Waals surface area (Å²) in [4.78, 5) is 8.11. The van der Waals surface area contributed by atoms with Crippen LogP contribution in [0.25, 0.3) is 17.1 Å². The highest BCUT2D eigenvalue weighted by Crippen LogP contribution is 2.43. The van der Waals surface area contributed by atoms with Gasteiger partial charge in [0, 0.05) is 31.7 Å². The van der Waals surface area contributed by atoms with Gasteiger partial charge in [0.15, 0.2) is 11.0 Å². The third-order valence-electron chi connectivity index (χ3n) is 7.21. The van der Waals surface area contributed by atoms with Crippen LogP contribution >= 0.6 is 0 Å². The van der Waals surface area contributed by atoms with Crippen LogP contribution in [0.1, 0.15) is 38.1 Å². The summed E-state index contributed by atoms with van der Waals surface area (Å²) < 4.78 is 68.3. The lowest BCUT2D eigenvalue weighted by Crippen LogP contribution is -2.35. The van der Waals surface area contributed by atoms with Crippen LogP contribution in [0.5, 0.6) is 0 Å². The van der Waals surface area contributed by atoms with Crippen LogP contribution in [-0.2, 0) is 33.3 Å². The molecule has 2 N–H and O–H groups in total. The minimum Gasteiger partial charge on any atom is -0.326 e. The highest BCUT2D eigenvalue weighted by atomic mass is 32.2. The fourth-order valence-electron chi connectivity index (χ4n) is 5.40. The van der Waals surface area contributed by atoms with Crippen LogP contribution in [0, 0.1) is 11.3 Å². The van der Waals surface area contributed by atoms with Crippen molar-refractivity contribution < 1.29 is 30.5 Å². The Morgan fingerprint density at radius 2 is 1.67 bits per heavy atom. The van der Waals surface area contributed by atoms with Crippen LogP contribution in [0.15, 0.2) is 59.4 Å². The van der Waals surface area contributed by atoms with Gasteiger partial charge in [-0.3, -0.25) is 14.1 Å². The lowest BCUT2D eigenvalue weighted by Gasteiger charge is -2.24. The van der Waals surface area contributed by atoms with E-state index >= 15 is 0 Å². The van der Waals surface area contributed by atoms with Crippen molar-refractivity contribution in [2.45, 2.75) is 39.8 Å². The van der Waals surface area contributed by atoms with Crippen molar-refractivity contribution in [2.75, 3.05) is 34.4 Å². The number of rotatable bonds is 13. The molecule has 2 aromatic carbocycles. The summed E-state index contributed by atoms with van der Waals surface area (Å²) >= 11 is 0. The smallest absolute Gasteiger partial charge is 0.282 e. The second kappa shape index (κ2) is 13.1. The van der Waals surface area contributed by atoms with E-state index in [9.17, 15) is 31.2 Å². The average Bonchev–Trinajstić information content (AvgIpc) is 3.41. The molecule has 0 spiro atoms. The predicted molar refractivity (Wildman–Crippen MR) is 168 cm³/mol. The van der Waals surface area contributed by atoms with E-state index in [2.05, 4.69) is 27.2 Å². The second-order valence-electron chi connectivity index (χ2n) is 9.96. The molecule has 0 atom stereocenters. The zero-order chi connectivity index (χ0) is 31.4. The third kappa shape index (κ3) is 7.31. The molecule has 1 aliphatic heterocycles. The number of hydrogen-bond donors (Lipinski definition) is 2. The van der Waals surface area contributed by atoms with Crippen molar-refractivity contribution >= 4 is 61.1 Å². The zero-order valence-electron chi connectivity index (χ0n) is 24.1. The average molecular weight is 628 g/mol. The van der Waals surface area contributed by atoms with Gasteiger partial charge in [-0.15, -0.1) is 0 Å². The van der Waals surface area contributed by atoms with Crippen LogP contribution in [-0.4, -0.2) is 61.8 Å². The molecule has 43 heavy (non-hydrogen) atoms. The fourth-order valence-corrected chi connectivity index (χ4v) is 6.39. The molecule has 14 heteroatoms. The highest BCUT2D eigenvalue weighted by molar-refractivity contribution is 7.86. The van der Waals surface area contributed by atoms with E-state index in [0.717, 1.165) is 34.1 Å². The van der Waals surface area contributed by atoms with Gasteiger partial charge in [-0.05, 0) is 63.4 Å². The quantitative estimate of drug-likeness (QED) is 0.163. The standard InChI is InChI=1S/C29H34N6O6S2/c1-4-32-24-13-11-22(21-30)19-26(24)34(15-7-17-42(36,37)38)28(32)9-6-10-29-33(5-2)25-14-12-23(31-3)20-27(25)35(29)16-8-18-43(39,40)41/h6,9-14,19-20H,3-5,7-8,15-18H2,1-2H3,(H-,36,37,38,39,40,41)/p+1. The van der Waals surface area contributed by atoms with E-state index in [1.54, 1.807) is 12.1 Å². The fraction of sp³-hybridized carbons (Fsp3) is 0.345. The van der Waals surface area contributed by atoms with Crippen molar-refractivity contribution in [3.63, 3.8) is 0 Å². The molecular formula is C29H35N6O6S2+. The Labute approximate surface area is 252 Å². The Hall–Kier alpha value is -4.03. The molecule has 0 saturated heterocycles. The van der Waals surface area contributed by atoms with Gasteiger partial charge >= 0.3 is 0 Å². The van der Waals surface area contributed by atoms with Gasteiger partial charge in [-0.25, -0.2) is 9.13 Å². The normalized spacial score (nSPS) is 14.6. The minimum absolute atomic E-state index is 0.172. The first kappa shape index (κ1) is 31.9. The summed E-state index contributed by atoms with van der Waals surface area (Å²) in [6, 6.07) is 13.2.